The lowest BCUT2D eigenvalue weighted by Crippen LogP contribution is -2.38. The van der Waals surface area contributed by atoms with Gasteiger partial charge < -0.3 is 10.6 Å². The molecule has 6 heteroatoms. The Morgan fingerprint density at radius 2 is 1.71 bits per heavy atom. The number of anilines is 2. The Morgan fingerprint density at radius 3 is 2.21 bits per heavy atom. The van der Waals surface area contributed by atoms with Gasteiger partial charge in [0.2, 0.25) is 5.91 Å². The van der Waals surface area contributed by atoms with Crippen LogP contribution in [0, 0.1) is 11.3 Å². The summed E-state index contributed by atoms with van der Waals surface area (Å²) in [5.74, 6) is -0.743. The van der Waals surface area contributed by atoms with E-state index in [1.807, 2.05) is 50.2 Å². The van der Waals surface area contributed by atoms with Crippen molar-refractivity contribution in [3.8, 4) is 6.07 Å². The fourth-order valence-electron chi connectivity index (χ4n) is 2.67. The van der Waals surface area contributed by atoms with Gasteiger partial charge in [-0.1, -0.05) is 30.3 Å². The van der Waals surface area contributed by atoms with E-state index in [1.165, 1.54) is 18.0 Å². The van der Waals surface area contributed by atoms with Gasteiger partial charge in [0.1, 0.15) is 11.6 Å². The lowest BCUT2D eigenvalue weighted by atomic mass is 10.1. The fraction of sp³-hybridized carbons (Fsp3) is 0.227. The van der Waals surface area contributed by atoms with Gasteiger partial charge in [-0.25, -0.2) is 0 Å². The minimum Gasteiger partial charge on any atom is -0.399 e. The zero-order chi connectivity index (χ0) is 20.7. The van der Waals surface area contributed by atoms with E-state index in [0.29, 0.717) is 17.9 Å². The summed E-state index contributed by atoms with van der Waals surface area (Å²) in [6.07, 6.45) is 1.29. The summed E-state index contributed by atoms with van der Waals surface area (Å²) in [6.45, 7) is 5.52. The molecule has 0 aliphatic rings. The molecule has 0 radical (unpaired) electrons. The maximum absolute atomic E-state index is 13.0. The van der Waals surface area contributed by atoms with Crippen LogP contribution in [0.25, 0.3) is 0 Å². The smallest absolute Gasteiger partial charge is 0.266 e. The van der Waals surface area contributed by atoms with Gasteiger partial charge in [-0.05, 0) is 43.7 Å². The highest BCUT2D eigenvalue weighted by molar-refractivity contribution is 6.01. The molecule has 144 valence electrons. The first kappa shape index (κ1) is 20.7. The number of rotatable bonds is 6. The molecule has 2 rings (SSSR count). The summed E-state index contributed by atoms with van der Waals surface area (Å²) >= 11 is 0. The van der Waals surface area contributed by atoms with Crippen LogP contribution >= 0.6 is 0 Å². The largest absolute Gasteiger partial charge is 0.399 e. The van der Waals surface area contributed by atoms with Gasteiger partial charge in [0.05, 0.1) is 0 Å². The Morgan fingerprint density at radius 1 is 1.11 bits per heavy atom. The summed E-state index contributed by atoms with van der Waals surface area (Å²) in [5, 5.41) is 9.59. The standard InChI is InChI=1S/C22H24N4O2/c1-16(2)25(14-18-7-5-4-6-8-18)22(28)19(13-23)15-26(17(3)27)21-11-9-20(24)10-12-21/h4-12,15-16H,14,24H2,1-3H3/b19-15-. The van der Waals surface area contributed by atoms with Crippen LogP contribution in [-0.2, 0) is 16.1 Å². The van der Waals surface area contributed by atoms with Gasteiger partial charge in [0.25, 0.3) is 5.91 Å². The average Bonchev–Trinajstić information content (AvgIpc) is 2.68. The Balaban J connectivity index is 2.36. The Kier molecular flexibility index (Phi) is 6.94. The van der Waals surface area contributed by atoms with E-state index in [-0.39, 0.29) is 17.5 Å². The minimum atomic E-state index is -0.428. The number of carbonyl (C=O) groups excluding carboxylic acids is 2. The molecule has 0 aliphatic heterocycles. The third kappa shape index (κ3) is 5.21. The molecule has 0 aromatic heterocycles. The molecule has 0 bridgehead atoms. The monoisotopic (exact) mass is 376 g/mol. The molecule has 6 nitrogen and oxygen atoms in total. The number of nitrogen functional groups attached to an aromatic ring is 1. The lowest BCUT2D eigenvalue weighted by molar-refractivity contribution is -0.129. The molecule has 2 aromatic rings. The van der Waals surface area contributed by atoms with Gasteiger partial charge in [-0.15, -0.1) is 0 Å². The van der Waals surface area contributed by atoms with E-state index in [0.717, 1.165) is 5.56 Å². The van der Waals surface area contributed by atoms with Crippen molar-refractivity contribution in [2.24, 2.45) is 0 Å². The van der Waals surface area contributed by atoms with E-state index in [4.69, 9.17) is 5.73 Å². The van der Waals surface area contributed by atoms with Crippen molar-refractivity contribution in [1.29, 1.82) is 5.26 Å². The molecule has 0 atom stereocenters. The van der Waals surface area contributed by atoms with Crippen molar-refractivity contribution in [3.05, 3.63) is 71.9 Å². The second-order valence-electron chi connectivity index (χ2n) is 6.65. The summed E-state index contributed by atoms with van der Waals surface area (Å²) in [5.41, 5.74) is 7.63. The third-order valence-electron chi connectivity index (χ3n) is 4.20. The first-order chi connectivity index (χ1) is 13.3. The van der Waals surface area contributed by atoms with Crippen molar-refractivity contribution in [2.75, 3.05) is 10.6 Å². The Labute approximate surface area is 165 Å². The van der Waals surface area contributed by atoms with Crippen molar-refractivity contribution in [2.45, 2.75) is 33.4 Å². The third-order valence-corrected chi connectivity index (χ3v) is 4.20. The second kappa shape index (κ2) is 9.38. The number of hydrogen-bond donors (Lipinski definition) is 1. The Hall–Kier alpha value is -3.59. The number of benzene rings is 2. The lowest BCUT2D eigenvalue weighted by Gasteiger charge is -2.27. The first-order valence-corrected chi connectivity index (χ1v) is 8.95. The number of carbonyl (C=O) groups is 2. The van der Waals surface area contributed by atoms with Crippen molar-refractivity contribution in [3.63, 3.8) is 0 Å². The van der Waals surface area contributed by atoms with Crippen LogP contribution in [0.3, 0.4) is 0 Å². The summed E-state index contributed by atoms with van der Waals surface area (Å²) in [4.78, 5) is 28.0. The number of nitriles is 1. The molecule has 28 heavy (non-hydrogen) atoms. The molecular weight excluding hydrogens is 352 g/mol. The molecule has 0 saturated heterocycles. The molecule has 0 heterocycles. The van der Waals surface area contributed by atoms with E-state index in [1.54, 1.807) is 29.2 Å². The van der Waals surface area contributed by atoms with E-state index < -0.39 is 5.91 Å². The maximum Gasteiger partial charge on any atom is 0.266 e. The van der Waals surface area contributed by atoms with Gasteiger partial charge >= 0.3 is 0 Å². The number of nitrogens with two attached hydrogens (primary N) is 1. The quantitative estimate of drug-likeness (QED) is 0.475. The molecule has 0 unspecified atom stereocenters. The van der Waals surface area contributed by atoms with E-state index in [2.05, 4.69) is 0 Å². The maximum atomic E-state index is 13.0. The average molecular weight is 376 g/mol. The van der Waals surface area contributed by atoms with E-state index in [9.17, 15) is 14.9 Å². The Bertz CT molecular complexity index is 896. The van der Waals surface area contributed by atoms with Crippen LogP contribution in [0.2, 0.25) is 0 Å². The number of hydrogen-bond acceptors (Lipinski definition) is 4. The summed E-state index contributed by atoms with van der Waals surface area (Å²) in [6, 6.07) is 18.0. The summed E-state index contributed by atoms with van der Waals surface area (Å²) in [7, 11) is 0. The fourth-order valence-corrected chi connectivity index (χ4v) is 2.67. The van der Waals surface area contributed by atoms with E-state index >= 15 is 0 Å². The minimum absolute atomic E-state index is 0.114. The predicted octanol–water partition coefficient (Wildman–Crippen LogP) is 3.47. The zero-order valence-corrected chi connectivity index (χ0v) is 16.3. The van der Waals surface area contributed by atoms with Gasteiger partial charge in [0, 0.05) is 37.1 Å². The first-order valence-electron chi connectivity index (χ1n) is 8.95. The van der Waals surface area contributed by atoms with Gasteiger partial charge in [-0.3, -0.25) is 14.5 Å². The molecule has 0 aliphatic carbocycles. The number of nitrogens with zero attached hydrogens (tertiary/aromatic N) is 3. The van der Waals surface area contributed by atoms with Crippen molar-refractivity contribution < 1.29 is 9.59 Å². The zero-order valence-electron chi connectivity index (χ0n) is 16.3. The molecular formula is C22H24N4O2. The highest BCUT2D eigenvalue weighted by atomic mass is 16.2. The molecule has 2 aromatic carbocycles. The SMILES string of the molecule is CC(=O)N(/C=C(/C#N)C(=O)N(Cc1ccccc1)C(C)C)c1ccc(N)cc1. The number of amides is 2. The topological polar surface area (TPSA) is 90.4 Å². The second-order valence-corrected chi connectivity index (χ2v) is 6.65. The van der Waals surface area contributed by atoms with Crippen LogP contribution < -0.4 is 10.6 Å². The van der Waals surface area contributed by atoms with Gasteiger partial charge in [-0.2, -0.15) is 5.26 Å². The van der Waals surface area contributed by atoms with Crippen LogP contribution in [0.4, 0.5) is 11.4 Å². The normalized spacial score (nSPS) is 11.0. The van der Waals surface area contributed by atoms with Crippen LogP contribution in [-0.4, -0.2) is 22.8 Å². The van der Waals surface area contributed by atoms with Crippen molar-refractivity contribution >= 4 is 23.2 Å². The predicted molar refractivity (Wildman–Crippen MR) is 110 cm³/mol. The summed E-state index contributed by atoms with van der Waals surface area (Å²) < 4.78 is 0. The molecule has 0 fully saturated rings. The highest BCUT2D eigenvalue weighted by Gasteiger charge is 2.23. The molecule has 0 saturated carbocycles. The van der Waals surface area contributed by atoms with Crippen LogP contribution in [0.15, 0.2) is 66.4 Å². The van der Waals surface area contributed by atoms with Crippen LogP contribution in [0.1, 0.15) is 26.3 Å². The molecule has 2 N–H and O–H groups in total. The molecule has 2 amide bonds. The molecule has 0 spiro atoms. The van der Waals surface area contributed by atoms with Crippen molar-refractivity contribution in [1.82, 2.24) is 4.90 Å². The van der Waals surface area contributed by atoms with Gasteiger partial charge in [0.15, 0.2) is 0 Å². The highest BCUT2D eigenvalue weighted by Crippen LogP contribution is 2.19. The van der Waals surface area contributed by atoms with Crippen LogP contribution in [0.5, 0.6) is 0 Å².